The van der Waals surface area contributed by atoms with Gasteiger partial charge in [0.15, 0.2) is 11.5 Å². The van der Waals surface area contributed by atoms with Crippen LogP contribution in [-0.2, 0) is 14.3 Å². The lowest BCUT2D eigenvalue weighted by atomic mass is 9.98. The Labute approximate surface area is 231 Å². The number of carbonyl (C=O) groups is 2. The minimum absolute atomic E-state index is 0.0109. The molecule has 0 aliphatic carbocycles. The molecule has 4 aromatic rings. The molecule has 0 saturated heterocycles. The molecule has 8 nitrogen and oxygen atoms in total. The van der Waals surface area contributed by atoms with Gasteiger partial charge in [0.25, 0.3) is 0 Å². The molecule has 5 rings (SSSR count). The normalized spacial score (nSPS) is 15.9. The highest BCUT2D eigenvalue weighted by atomic mass is 35.5. The maximum atomic E-state index is 13.3. The fourth-order valence-electron chi connectivity index (χ4n) is 4.87. The summed E-state index contributed by atoms with van der Waals surface area (Å²) < 4.78 is 24.8. The highest BCUT2D eigenvalue weighted by molar-refractivity contribution is 6.30. The van der Waals surface area contributed by atoms with Crippen molar-refractivity contribution in [3.63, 3.8) is 0 Å². The second-order valence-electron chi connectivity index (χ2n) is 8.92. The van der Waals surface area contributed by atoms with Crippen LogP contribution in [0.25, 0.3) is 5.69 Å². The van der Waals surface area contributed by atoms with Gasteiger partial charge in [0.1, 0.15) is 12.2 Å². The van der Waals surface area contributed by atoms with Crippen molar-refractivity contribution in [3.8, 4) is 17.2 Å². The lowest BCUT2D eigenvalue weighted by Crippen LogP contribution is -2.19. The second kappa shape index (κ2) is 11.2. The van der Waals surface area contributed by atoms with Crippen LogP contribution in [0.5, 0.6) is 11.5 Å². The van der Waals surface area contributed by atoms with E-state index in [2.05, 4.69) is 5.32 Å². The fraction of sp³-hybridized carbons (Fsp3) is 0.200. The molecule has 2 atom stereocenters. The van der Waals surface area contributed by atoms with Crippen LogP contribution >= 0.6 is 11.6 Å². The third kappa shape index (κ3) is 5.21. The van der Waals surface area contributed by atoms with Crippen molar-refractivity contribution in [1.82, 2.24) is 4.57 Å². The molecular formula is C30H27ClN2O6. The monoisotopic (exact) mass is 546 g/mol. The Hall–Kier alpha value is -4.27. The summed E-state index contributed by atoms with van der Waals surface area (Å²) in [7, 11) is 4.47. The number of nitrogens with one attached hydrogen (secondary N) is 1. The van der Waals surface area contributed by atoms with E-state index in [1.807, 2.05) is 59.3 Å². The summed E-state index contributed by atoms with van der Waals surface area (Å²) in [6, 6.07) is 21.6. The number of esters is 1. The summed E-state index contributed by atoms with van der Waals surface area (Å²) >= 11 is 6.45. The molecule has 0 bridgehead atoms. The number of hydrogen-bond acceptors (Lipinski definition) is 6. The number of ether oxygens (including phenoxy) is 4. The minimum atomic E-state index is -0.629. The smallest absolute Gasteiger partial charge is 0.337 e. The van der Waals surface area contributed by atoms with Gasteiger partial charge < -0.3 is 28.8 Å². The molecule has 200 valence electrons. The zero-order valence-electron chi connectivity index (χ0n) is 21.6. The third-order valence-corrected chi connectivity index (χ3v) is 6.83. The molecule has 1 aromatic heterocycles. The molecule has 39 heavy (non-hydrogen) atoms. The molecule has 1 aliphatic rings. The molecular weight excluding hydrogens is 520 g/mol. The van der Waals surface area contributed by atoms with Crippen molar-refractivity contribution >= 4 is 29.2 Å². The van der Waals surface area contributed by atoms with E-state index in [1.54, 1.807) is 38.5 Å². The Morgan fingerprint density at radius 3 is 2.54 bits per heavy atom. The summed E-state index contributed by atoms with van der Waals surface area (Å²) in [5.41, 5.74) is 4.06. The number of anilines is 1. The molecule has 9 heteroatoms. The Kier molecular flexibility index (Phi) is 7.58. The predicted octanol–water partition coefficient (Wildman–Crippen LogP) is 6.12. The number of methoxy groups -OCH3 is 3. The van der Waals surface area contributed by atoms with Crippen LogP contribution in [0, 0.1) is 0 Å². The molecule has 0 saturated carbocycles. The highest BCUT2D eigenvalue weighted by Gasteiger charge is 2.34. The van der Waals surface area contributed by atoms with Crippen LogP contribution in [0.3, 0.4) is 0 Å². The van der Waals surface area contributed by atoms with Crippen molar-refractivity contribution in [2.45, 2.75) is 18.6 Å². The van der Waals surface area contributed by atoms with Gasteiger partial charge in [0, 0.05) is 28.0 Å². The first-order chi connectivity index (χ1) is 18.9. The van der Waals surface area contributed by atoms with E-state index in [0.717, 1.165) is 22.5 Å². The number of aromatic nitrogens is 1. The van der Waals surface area contributed by atoms with Crippen molar-refractivity contribution in [2.75, 3.05) is 26.6 Å². The van der Waals surface area contributed by atoms with Gasteiger partial charge in [0.05, 0.1) is 44.7 Å². The number of nitrogens with zero attached hydrogens (tertiary/aromatic N) is 1. The largest absolute Gasteiger partial charge is 0.493 e. The molecule has 2 heterocycles. The van der Waals surface area contributed by atoms with E-state index >= 15 is 0 Å². The van der Waals surface area contributed by atoms with Gasteiger partial charge in [-0.3, -0.25) is 4.79 Å². The Bertz CT molecular complexity index is 1530. The number of para-hydroxylation sites is 1. The Morgan fingerprint density at radius 1 is 0.949 bits per heavy atom. The van der Waals surface area contributed by atoms with Crippen molar-refractivity contribution in [3.05, 3.63) is 106 Å². The van der Waals surface area contributed by atoms with E-state index in [0.29, 0.717) is 27.8 Å². The van der Waals surface area contributed by atoms with Crippen LogP contribution in [0.2, 0.25) is 5.02 Å². The number of amides is 1. The van der Waals surface area contributed by atoms with Crippen molar-refractivity contribution in [1.29, 1.82) is 0 Å². The number of halogens is 1. The fourth-order valence-corrected chi connectivity index (χ4v) is 5.05. The summed E-state index contributed by atoms with van der Waals surface area (Å²) in [5, 5.41) is 3.43. The first-order valence-corrected chi connectivity index (χ1v) is 12.6. The van der Waals surface area contributed by atoms with Gasteiger partial charge in [-0.15, -0.1) is 0 Å². The maximum Gasteiger partial charge on any atom is 0.337 e. The molecule has 1 N–H and O–H groups in total. The summed E-state index contributed by atoms with van der Waals surface area (Å²) in [6.45, 7) is 0. The Morgan fingerprint density at radius 2 is 1.77 bits per heavy atom. The van der Waals surface area contributed by atoms with Crippen LogP contribution < -0.4 is 14.8 Å². The van der Waals surface area contributed by atoms with E-state index in [9.17, 15) is 9.59 Å². The van der Waals surface area contributed by atoms with Crippen molar-refractivity contribution in [2.24, 2.45) is 0 Å². The van der Waals surface area contributed by atoms with Crippen LogP contribution in [0.1, 0.15) is 45.8 Å². The first-order valence-electron chi connectivity index (χ1n) is 12.2. The quantitative estimate of drug-likeness (QED) is 0.281. The zero-order chi connectivity index (χ0) is 27.5. The molecule has 1 amide bonds. The average molecular weight is 547 g/mol. The van der Waals surface area contributed by atoms with Crippen molar-refractivity contribution < 1.29 is 28.5 Å². The number of benzene rings is 3. The van der Waals surface area contributed by atoms with E-state index in [-0.39, 0.29) is 12.3 Å². The van der Waals surface area contributed by atoms with E-state index in [4.69, 9.17) is 30.5 Å². The SMILES string of the molecule is COC(=O)c1cccc(NC(=O)C[C@H]2O[C@H](c3cccc(OC)c3OC)c3cc(Cl)ccc3-n3cccc32)c1. The van der Waals surface area contributed by atoms with Crippen LogP contribution in [0.4, 0.5) is 5.69 Å². The van der Waals surface area contributed by atoms with Gasteiger partial charge in [-0.1, -0.05) is 29.8 Å². The van der Waals surface area contributed by atoms with Gasteiger partial charge in [-0.05, 0) is 54.6 Å². The third-order valence-electron chi connectivity index (χ3n) is 6.60. The summed E-state index contributed by atoms with van der Waals surface area (Å²) in [5.74, 6) is 0.328. The number of fused-ring (bicyclic) bond motifs is 3. The summed E-state index contributed by atoms with van der Waals surface area (Å²) in [6.07, 6.45) is 0.693. The number of hydrogen-bond donors (Lipinski definition) is 1. The Balaban J connectivity index is 1.53. The molecule has 0 fully saturated rings. The molecule has 3 aromatic carbocycles. The van der Waals surface area contributed by atoms with E-state index < -0.39 is 18.2 Å². The van der Waals surface area contributed by atoms with Gasteiger partial charge >= 0.3 is 5.97 Å². The topological polar surface area (TPSA) is 88.0 Å². The number of carbonyl (C=O) groups excluding carboxylic acids is 2. The van der Waals surface area contributed by atoms with Crippen LogP contribution in [0.15, 0.2) is 79.0 Å². The van der Waals surface area contributed by atoms with Gasteiger partial charge in [0.2, 0.25) is 5.91 Å². The van der Waals surface area contributed by atoms with Gasteiger partial charge in [-0.25, -0.2) is 4.79 Å². The minimum Gasteiger partial charge on any atom is -0.493 e. The zero-order valence-corrected chi connectivity index (χ0v) is 22.4. The predicted molar refractivity (Wildman–Crippen MR) is 147 cm³/mol. The summed E-state index contributed by atoms with van der Waals surface area (Å²) in [4.78, 5) is 25.2. The van der Waals surface area contributed by atoms with E-state index in [1.165, 1.54) is 7.11 Å². The first kappa shape index (κ1) is 26.3. The van der Waals surface area contributed by atoms with Gasteiger partial charge in [-0.2, -0.15) is 0 Å². The lowest BCUT2D eigenvalue weighted by molar-refractivity contribution is -0.120. The molecule has 0 unspecified atom stereocenters. The molecule has 0 radical (unpaired) electrons. The second-order valence-corrected chi connectivity index (χ2v) is 9.35. The lowest BCUT2D eigenvalue weighted by Gasteiger charge is -2.25. The standard InChI is InChI=1S/C30H27ClN2O6/c1-36-25-11-5-9-21(29(25)37-2)28-22-16-19(31)12-13-23(22)33-14-6-10-24(33)26(39-28)17-27(34)32-20-8-4-7-18(15-20)30(35)38-3/h4-16,26,28H,17H2,1-3H3,(H,32,34)/t26-,28-/m1/s1. The highest BCUT2D eigenvalue weighted by Crippen LogP contribution is 2.46. The maximum absolute atomic E-state index is 13.3. The molecule has 1 aliphatic heterocycles. The van der Waals surface area contributed by atoms with Crippen LogP contribution in [-0.4, -0.2) is 37.8 Å². The number of rotatable bonds is 7. The average Bonchev–Trinajstić information content (AvgIpc) is 3.40. The molecule has 0 spiro atoms.